The van der Waals surface area contributed by atoms with Gasteiger partial charge in [0.15, 0.2) is 0 Å². The molecule has 2 heterocycles. The van der Waals surface area contributed by atoms with E-state index in [2.05, 4.69) is 20.6 Å². The van der Waals surface area contributed by atoms with E-state index >= 15 is 0 Å². The summed E-state index contributed by atoms with van der Waals surface area (Å²) in [6, 6.07) is 15.1. The Hall–Kier alpha value is -3.32. The van der Waals surface area contributed by atoms with E-state index in [-0.39, 0.29) is 17.8 Å². The van der Waals surface area contributed by atoms with Crippen molar-refractivity contribution >= 4 is 17.4 Å². The van der Waals surface area contributed by atoms with Gasteiger partial charge in [0.2, 0.25) is 0 Å². The van der Waals surface area contributed by atoms with Gasteiger partial charge >= 0.3 is 0 Å². The number of benzene rings is 2. The summed E-state index contributed by atoms with van der Waals surface area (Å²) in [5, 5.41) is 6.08. The maximum Gasteiger partial charge on any atom is 0.251 e. The van der Waals surface area contributed by atoms with Crippen LogP contribution >= 0.6 is 0 Å². The van der Waals surface area contributed by atoms with Crippen LogP contribution in [-0.4, -0.2) is 35.1 Å². The van der Waals surface area contributed by atoms with Crippen LogP contribution in [0.25, 0.3) is 11.3 Å². The third-order valence-corrected chi connectivity index (χ3v) is 4.72. The predicted octanol–water partition coefficient (Wildman–Crippen LogP) is 3.94. The summed E-state index contributed by atoms with van der Waals surface area (Å²) >= 11 is 0. The van der Waals surface area contributed by atoms with E-state index in [1.54, 1.807) is 30.3 Å². The molecule has 0 radical (unpaired) electrons. The average Bonchev–Trinajstić information content (AvgIpc) is 3.26. The van der Waals surface area contributed by atoms with Gasteiger partial charge in [0, 0.05) is 36.0 Å². The number of nitrogens with one attached hydrogen (secondary N) is 2. The molecular weight excluding hydrogens is 371 g/mol. The number of aromatic nitrogens is 2. The first-order valence-corrected chi connectivity index (χ1v) is 9.52. The largest absolute Gasteiger partial charge is 0.376 e. The lowest BCUT2D eigenvalue weighted by Crippen LogP contribution is -2.31. The second-order valence-corrected chi connectivity index (χ2v) is 6.85. The minimum Gasteiger partial charge on any atom is -0.376 e. The fourth-order valence-electron chi connectivity index (χ4n) is 3.20. The first kappa shape index (κ1) is 19.0. The van der Waals surface area contributed by atoms with Crippen molar-refractivity contribution in [3.8, 4) is 11.3 Å². The lowest BCUT2D eigenvalue weighted by atomic mass is 10.1. The molecule has 0 aliphatic carbocycles. The van der Waals surface area contributed by atoms with Crippen LogP contribution in [0, 0.1) is 5.82 Å². The maximum absolute atomic E-state index is 13.4. The van der Waals surface area contributed by atoms with Gasteiger partial charge in [-0.25, -0.2) is 14.4 Å². The highest BCUT2D eigenvalue weighted by Gasteiger charge is 2.16. The molecule has 2 aromatic carbocycles. The highest BCUT2D eigenvalue weighted by molar-refractivity contribution is 5.94. The molecule has 1 atom stereocenters. The van der Waals surface area contributed by atoms with Crippen molar-refractivity contribution in [2.75, 3.05) is 18.5 Å². The molecule has 0 spiro atoms. The topological polar surface area (TPSA) is 76.1 Å². The Morgan fingerprint density at radius 3 is 2.76 bits per heavy atom. The number of hydrogen-bond acceptors (Lipinski definition) is 5. The number of anilines is 2. The van der Waals surface area contributed by atoms with Crippen LogP contribution in [-0.2, 0) is 4.74 Å². The monoisotopic (exact) mass is 392 g/mol. The molecule has 29 heavy (non-hydrogen) atoms. The summed E-state index contributed by atoms with van der Waals surface area (Å²) in [5.41, 5.74) is 2.65. The van der Waals surface area contributed by atoms with Crippen LogP contribution in [0.5, 0.6) is 0 Å². The third kappa shape index (κ3) is 4.94. The van der Waals surface area contributed by atoms with Crippen LogP contribution in [0.15, 0.2) is 60.9 Å². The molecular formula is C22H21FN4O2. The van der Waals surface area contributed by atoms with E-state index in [4.69, 9.17) is 4.74 Å². The molecule has 1 saturated heterocycles. The van der Waals surface area contributed by atoms with Crippen molar-refractivity contribution in [2.24, 2.45) is 0 Å². The van der Waals surface area contributed by atoms with Crippen molar-refractivity contribution in [2.45, 2.75) is 18.9 Å². The van der Waals surface area contributed by atoms with Crippen molar-refractivity contribution in [1.29, 1.82) is 0 Å². The van der Waals surface area contributed by atoms with Crippen molar-refractivity contribution in [3.05, 3.63) is 72.3 Å². The number of ether oxygens (including phenoxy) is 1. The summed E-state index contributed by atoms with van der Waals surface area (Å²) < 4.78 is 19.0. The minimum atomic E-state index is -0.316. The molecule has 0 unspecified atom stereocenters. The minimum absolute atomic E-state index is 0.116. The van der Waals surface area contributed by atoms with E-state index in [1.165, 1.54) is 18.5 Å². The first-order chi connectivity index (χ1) is 14.2. The zero-order chi connectivity index (χ0) is 20.1. The number of nitrogens with zero attached hydrogens (tertiary/aromatic N) is 2. The number of hydrogen-bond donors (Lipinski definition) is 2. The average molecular weight is 392 g/mol. The van der Waals surface area contributed by atoms with E-state index in [0.29, 0.717) is 29.2 Å². The Balaban J connectivity index is 1.39. The Morgan fingerprint density at radius 2 is 2.00 bits per heavy atom. The van der Waals surface area contributed by atoms with Crippen molar-refractivity contribution < 1.29 is 13.9 Å². The number of halogens is 1. The van der Waals surface area contributed by atoms with E-state index < -0.39 is 0 Å². The molecule has 1 aromatic heterocycles. The van der Waals surface area contributed by atoms with Crippen LogP contribution in [0.3, 0.4) is 0 Å². The summed E-state index contributed by atoms with van der Waals surface area (Å²) in [6.07, 6.45) is 3.57. The Bertz CT molecular complexity index is 988. The van der Waals surface area contributed by atoms with Crippen LogP contribution in [0.4, 0.5) is 15.9 Å². The molecule has 1 aliphatic rings. The normalized spacial score (nSPS) is 15.8. The van der Waals surface area contributed by atoms with Crippen LogP contribution in [0.1, 0.15) is 23.2 Å². The van der Waals surface area contributed by atoms with Gasteiger partial charge in [-0.2, -0.15) is 0 Å². The van der Waals surface area contributed by atoms with Gasteiger partial charge in [0.25, 0.3) is 5.91 Å². The lowest BCUT2D eigenvalue weighted by Gasteiger charge is -2.11. The standard InChI is InChI=1S/C22H21FN4O2/c23-17-4-1-3-16(11-17)20-12-21(26-14-25-20)27-18-8-6-15(7-9-18)22(28)24-13-19-5-2-10-29-19/h1,3-4,6-9,11-12,14,19H,2,5,10,13H2,(H,24,28)(H,25,26,27)/t19-/m0/s1. The van der Waals surface area contributed by atoms with E-state index in [9.17, 15) is 9.18 Å². The SMILES string of the molecule is O=C(NC[C@@H]1CCCO1)c1ccc(Nc2cc(-c3cccc(F)c3)ncn2)cc1. The third-order valence-electron chi connectivity index (χ3n) is 4.72. The van der Waals surface area contributed by atoms with Gasteiger partial charge in [-0.15, -0.1) is 0 Å². The van der Waals surface area contributed by atoms with E-state index in [1.807, 2.05) is 12.1 Å². The zero-order valence-electron chi connectivity index (χ0n) is 15.8. The summed E-state index contributed by atoms with van der Waals surface area (Å²) in [6.45, 7) is 1.30. The molecule has 1 amide bonds. The number of carbonyl (C=O) groups excluding carboxylic acids is 1. The Labute approximate surface area is 168 Å². The predicted molar refractivity (Wildman–Crippen MR) is 108 cm³/mol. The van der Waals surface area contributed by atoms with Gasteiger partial charge in [-0.1, -0.05) is 12.1 Å². The summed E-state index contributed by atoms with van der Waals surface area (Å²) in [5.74, 6) is 0.140. The highest BCUT2D eigenvalue weighted by atomic mass is 19.1. The first-order valence-electron chi connectivity index (χ1n) is 9.52. The number of amides is 1. The van der Waals surface area contributed by atoms with E-state index in [0.717, 1.165) is 25.1 Å². The van der Waals surface area contributed by atoms with Crippen molar-refractivity contribution in [3.63, 3.8) is 0 Å². The Morgan fingerprint density at radius 1 is 1.14 bits per heavy atom. The molecule has 4 rings (SSSR count). The highest BCUT2D eigenvalue weighted by Crippen LogP contribution is 2.22. The summed E-state index contributed by atoms with van der Waals surface area (Å²) in [7, 11) is 0. The van der Waals surface area contributed by atoms with Crippen LogP contribution < -0.4 is 10.6 Å². The molecule has 1 fully saturated rings. The maximum atomic E-state index is 13.4. The number of carbonyl (C=O) groups is 1. The second kappa shape index (κ2) is 8.79. The molecule has 0 bridgehead atoms. The lowest BCUT2D eigenvalue weighted by molar-refractivity contribution is 0.0858. The number of rotatable bonds is 6. The molecule has 3 aromatic rings. The fourth-order valence-corrected chi connectivity index (χ4v) is 3.20. The smallest absolute Gasteiger partial charge is 0.251 e. The molecule has 2 N–H and O–H groups in total. The fraction of sp³-hybridized carbons (Fsp3) is 0.227. The Kier molecular flexibility index (Phi) is 5.76. The van der Waals surface area contributed by atoms with Gasteiger partial charge in [-0.3, -0.25) is 4.79 Å². The molecule has 1 aliphatic heterocycles. The molecule has 148 valence electrons. The molecule has 0 saturated carbocycles. The summed E-state index contributed by atoms with van der Waals surface area (Å²) in [4.78, 5) is 20.7. The zero-order valence-corrected chi connectivity index (χ0v) is 15.8. The quantitative estimate of drug-likeness (QED) is 0.665. The second-order valence-electron chi connectivity index (χ2n) is 6.85. The van der Waals surface area contributed by atoms with Gasteiger partial charge in [0.1, 0.15) is 18.0 Å². The van der Waals surface area contributed by atoms with Crippen LogP contribution in [0.2, 0.25) is 0 Å². The van der Waals surface area contributed by atoms with Gasteiger partial charge < -0.3 is 15.4 Å². The molecule has 6 nitrogen and oxygen atoms in total. The van der Waals surface area contributed by atoms with Crippen molar-refractivity contribution in [1.82, 2.24) is 15.3 Å². The van der Waals surface area contributed by atoms with Gasteiger partial charge in [-0.05, 0) is 49.2 Å². The van der Waals surface area contributed by atoms with Gasteiger partial charge in [0.05, 0.1) is 11.8 Å². The molecule has 7 heteroatoms.